The lowest BCUT2D eigenvalue weighted by Crippen LogP contribution is -2.35. The van der Waals surface area contributed by atoms with Crippen LogP contribution in [0, 0.1) is 11.3 Å². The fourth-order valence-electron chi connectivity index (χ4n) is 3.30. The van der Waals surface area contributed by atoms with E-state index >= 15 is 0 Å². The first-order valence-corrected chi connectivity index (χ1v) is 7.11. The number of rotatable bonds is 5. The molecule has 1 atom stereocenters. The molecule has 2 aliphatic rings. The lowest BCUT2D eigenvalue weighted by molar-refractivity contribution is 0.246. The molecule has 1 unspecified atom stereocenters. The quantitative estimate of drug-likeness (QED) is 0.722. The van der Waals surface area contributed by atoms with Crippen LogP contribution in [-0.4, -0.2) is 37.6 Å². The average Bonchev–Trinajstić information content (AvgIpc) is 2.83. The van der Waals surface area contributed by atoms with Crippen LogP contribution < -0.4 is 5.32 Å². The van der Waals surface area contributed by atoms with Gasteiger partial charge in [-0.3, -0.25) is 0 Å². The predicted molar refractivity (Wildman–Crippen MR) is 69.7 cm³/mol. The molecule has 0 aromatic heterocycles. The first-order chi connectivity index (χ1) is 7.68. The van der Waals surface area contributed by atoms with E-state index in [-0.39, 0.29) is 0 Å². The molecule has 0 radical (unpaired) electrons. The van der Waals surface area contributed by atoms with Gasteiger partial charge in [0.05, 0.1) is 0 Å². The summed E-state index contributed by atoms with van der Waals surface area (Å²) in [5.41, 5.74) is 0.584. The van der Waals surface area contributed by atoms with Crippen molar-refractivity contribution in [3.63, 3.8) is 0 Å². The Morgan fingerprint density at radius 3 is 2.56 bits per heavy atom. The molecule has 2 rings (SSSR count). The second kappa shape index (κ2) is 5.50. The zero-order valence-electron chi connectivity index (χ0n) is 11.1. The minimum absolute atomic E-state index is 0.584. The molecule has 0 spiro atoms. The molecule has 0 aromatic carbocycles. The van der Waals surface area contributed by atoms with E-state index < -0.39 is 0 Å². The standard InChI is InChI=1S/C14H28N2/c1-14(2)7-5-6-13(14)12-15-8-11-16-9-3-4-10-16/h13,15H,3-12H2,1-2H3. The van der Waals surface area contributed by atoms with E-state index in [1.54, 1.807) is 0 Å². The van der Waals surface area contributed by atoms with Gasteiger partial charge in [-0.05, 0) is 56.7 Å². The van der Waals surface area contributed by atoms with Gasteiger partial charge in [0.25, 0.3) is 0 Å². The topological polar surface area (TPSA) is 15.3 Å². The normalized spacial score (nSPS) is 30.0. The maximum absolute atomic E-state index is 3.67. The highest BCUT2D eigenvalue weighted by Gasteiger charge is 2.33. The molecular weight excluding hydrogens is 196 g/mol. The maximum Gasteiger partial charge on any atom is 0.0107 e. The zero-order valence-corrected chi connectivity index (χ0v) is 11.1. The molecule has 2 fully saturated rings. The number of nitrogens with one attached hydrogen (secondary N) is 1. The summed E-state index contributed by atoms with van der Waals surface area (Å²) in [5.74, 6) is 0.908. The monoisotopic (exact) mass is 224 g/mol. The lowest BCUT2D eigenvalue weighted by Gasteiger charge is -2.27. The third-order valence-corrected chi connectivity index (χ3v) is 4.67. The lowest BCUT2D eigenvalue weighted by atomic mass is 9.82. The maximum atomic E-state index is 3.67. The van der Waals surface area contributed by atoms with Gasteiger partial charge in [0.2, 0.25) is 0 Å². The summed E-state index contributed by atoms with van der Waals surface area (Å²) in [6.07, 6.45) is 7.12. The van der Waals surface area contributed by atoms with Crippen LogP contribution in [0.4, 0.5) is 0 Å². The molecule has 1 N–H and O–H groups in total. The first-order valence-electron chi connectivity index (χ1n) is 7.11. The minimum Gasteiger partial charge on any atom is -0.315 e. The number of hydrogen-bond acceptors (Lipinski definition) is 2. The molecule has 1 aliphatic carbocycles. The third kappa shape index (κ3) is 3.21. The summed E-state index contributed by atoms with van der Waals surface area (Å²) in [7, 11) is 0. The van der Waals surface area contributed by atoms with Crippen molar-refractivity contribution < 1.29 is 0 Å². The Bertz CT molecular complexity index is 207. The van der Waals surface area contributed by atoms with E-state index in [4.69, 9.17) is 0 Å². The van der Waals surface area contributed by atoms with Crippen molar-refractivity contribution in [2.75, 3.05) is 32.7 Å². The van der Waals surface area contributed by atoms with Crippen molar-refractivity contribution >= 4 is 0 Å². The third-order valence-electron chi connectivity index (χ3n) is 4.67. The van der Waals surface area contributed by atoms with Crippen LogP contribution in [0.5, 0.6) is 0 Å². The van der Waals surface area contributed by atoms with Crippen molar-refractivity contribution in [2.45, 2.75) is 46.0 Å². The van der Waals surface area contributed by atoms with E-state index in [0.29, 0.717) is 5.41 Å². The van der Waals surface area contributed by atoms with Crippen molar-refractivity contribution in [1.29, 1.82) is 0 Å². The highest BCUT2D eigenvalue weighted by atomic mass is 15.1. The highest BCUT2D eigenvalue weighted by Crippen LogP contribution is 2.41. The van der Waals surface area contributed by atoms with Gasteiger partial charge in [0.1, 0.15) is 0 Å². The fourth-order valence-corrected chi connectivity index (χ4v) is 3.30. The smallest absolute Gasteiger partial charge is 0.0107 e. The number of likely N-dealkylation sites (tertiary alicyclic amines) is 1. The molecule has 1 heterocycles. The van der Waals surface area contributed by atoms with Crippen molar-refractivity contribution in [2.24, 2.45) is 11.3 Å². The Labute approximate surface area is 101 Å². The summed E-state index contributed by atoms with van der Waals surface area (Å²) in [6.45, 7) is 11.2. The summed E-state index contributed by atoms with van der Waals surface area (Å²) in [5, 5.41) is 3.67. The molecule has 0 aromatic rings. The molecular formula is C14H28N2. The Kier molecular flexibility index (Phi) is 4.26. The van der Waals surface area contributed by atoms with Crippen LogP contribution in [0.15, 0.2) is 0 Å². The molecule has 2 heteroatoms. The van der Waals surface area contributed by atoms with Crippen molar-refractivity contribution in [1.82, 2.24) is 10.2 Å². The van der Waals surface area contributed by atoms with Gasteiger partial charge in [-0.15, -0.1) is 0 Å². The predicted octanol–water partition coefficient (Wildman–Crippen LogP) is 2.50. The summed E-state index contributed by atoms with van der Waals surface area (Å²) in [4.78, 5) is 2.59. The summed E-state index contributed by atoms with van der Waals surface area (Å²) >= 11 is 0. The van der Waals surface area contributed by atoms with Gasteiger partial charge in [0, 0.05) is 13.1 Å². The van der Waals surface area contributed by atoms with Crippen molar-refractivity contribution in [3.05, 3.63) is 0 Å². The summed E-state index contributed by atoms with van der Waals surface area (Å²) < 4.78 is 0. The van der Waals surface area contributed by atoms with E-state index in [2.05, 4.69) is 24.1 Å². The number of nitrogens with zero attached hydrogens (tertiary/aromatic N) is 1. The second-order valence-corrected chi connectivity index (χ2v) is 6.33. The first kappa shape index (κ1) is 12.4. The van der Waals surface area contributed by atoms with Gasteiger partial charge in [-0.2, -0.15) is 0 Å². The van der Waals surface area contributed by atoms with Crippen molar-refractivity contribution in [3.8, 4) is 0 Å². The van der Waals surface area contributed by atoms with Gasteiger partial charge in [-0.1, -0.05) is 20.3 Å². The minimum atomic E-state index is 0.584. The molecule has 2 nitrogen and oxygen atoms in total. The van der Waals surface area contributed by atoms with Gasteiger partial charge in [-0.25, -0.2) is 0 Å². The largest absolute Gasteiger partial charge is 0.315 e. The zero-order chi connectivity index (χ0) is 11.4. The SMILES string of the molecule is CC1(C)CCCC1CNCCN1CCCC1. The Balaban J connectivity index is 1.57. The van der Waals surface area contributed by atoms with E-state index in [0.717, 1.165) is 5.92 Å². The molecule has 1 saturated carbocycles. The van der Waals surface area contributed by atoms with E-state index in [9.17, 15) is 0 Å². The average molecular weight is 224 g/mol. The molecule has 1 saturated heterocycles. The van der Waals surface area contributed by atoms with Crippen LogP contribution in [0.25, 0.3) is 0 Å². The van der Waals surface area contributed by atoms with Crippen LogP contribution >= 0.6 is 0 Å². The summed E-state index contributed by atoms with van der Waals surface area (Å²) in [6, 6.07) is 0. The molecule has 0 amide bonds. The molecule has 0 bridgehead atoms. The second-order valence-electron chi connectivity index (χ2n) is 6.33. The van der Waals surface area contributed by atoms with Crippen LogP contribution in [0.2, 0.25) is 0 Å². The van der Waals surface area contributed by atoms with Gasteiger partial charge >= 0.3 is 0 Å². The molecule has 16 heavy (non-hydrogen) atoms. The van der Waals surface area contributed by atoms with E-state index in [1.807, 2.05) is 0 Å². The van der Waals surface area contributed by atoms with Gasteiger partial charge < -0.3 is 10.2 Å². The van der Waals surface area contributed by atoms with E-state index in [1.165, 1.54) is 64.8 Å². The Hall–Kier alpha value is -0.0800. The van der Waals surface area contributed by atoms with Crippen LogP contribution in [0.1, 0.15) is 46.0 Å². The van der Waals surface area contributed by atoms with Crippen LogP contribution in [-0.2, 0) is 0 Å². The Morgan fingerprint density at radius 2 is 1.94 bits per heavy atom. The molecule has 94 valence electrons. The molecule has 1 aliphatic heterocycles. The van der Waals surface area contributed by atoms with Gasteiger partial charge in [0.15, 0.2) is 0 Å². The van der Waals surface area contributed by atoms with Crippen LogP contribution in [0.3, 0.4) is 0 Å². The fraction of sp³-hybridized carbons (Fsp3) is 1.00. The Morgan fingerprint density at radius 1 is 1.19 bits per heavy atom. The highest BCUT2D eigenvalue weighted by molar-refractivity contribution is 4.86. The number of hydrogen-bond donors (Lipinski definition) is 1.